The predicted molar refractivity (Wildman–Crippen MR) is 89.7 cm³/mol. The minimum atomic E-state index is -0.209. The highest BCUT2D eigenvalue weighted by molar-refractivity contribution is 5.81. The maximum Gasteiger partial charge on any atom is 0.124 e. The normalized spacial score (nSPS) is 17.0. The fourth-order valence-corrected chi connectivity index (χ4v) is 3.33. The van der Waals surface area contributed by atoms with Crippen molar-refractivity contribution in [3.05, 3.63) is 41.8 Å². The summed E-state index contributed by atoms with van der Waals surface area (Å²) >= 11 is 0. The highest BCUT2D eigenvalue weighted by atomic mass is 19.1. The third-order valence-corrected chi connectivity index (χ3v) is 4.62. The highest BCUT2D eigenvalue weighted by Gasteiger charge is 2.18. The van der Waals surface area contributed by atoms with Crippen LogP contribution < -0.4 is 5.32 Å². The number of halogens is 1. The minimum Gasteiger partial charge on any atom is -0.395 e. The number of aliphatic hydroxyl groups is 1. The minimum absolute atomic E-state index is 0.209. The summed E-state index contributed by atoms with van der Waals surface area (Å²) in [4.78, 5) is 6.69. The molecule has 2 heterocycles. The van der Waals surface area contributed by atoms with Crippen LogP contribution in [0.25, 0.3) is 10.9 Å². The van der Waals surface area contributed by atoms with Crippen LogP contribution in [0.3, 0.4) is 0 Å². The largest absolute Gasteiger partial charge is 0.395 e. The quantitative estimate of drug-likeness (QED) is 0.857. The van der Waals surface area contributed by atoms with Crippen molar-refractivity contribution in [1.82, 2.24) is 15.2 Å². The van der Waals surface area contributed by atoms with Crippen molar-refractivity contribution in [2.75, 3.05) is 32.8 Å². The number of likely N-dealkylation sites (tertiary alicyclic amines) is 1. The van der Waals surface area contributed by atoms with E-state index in [1.807, 2.05) is 12.1 Å². The Morgan fingerprint density at radius 3 is 2.91 bits per heavy atom. The van der Waals surface area contributed by atoms with Crippen molar-refractivity contribution in [3.63, 3.8) is 0 Å². The number of hydrogen-bond acceptors (Lipinski definition) is 4. The number of hydrogen-bond donors (Lipinski definition) is 2. The van der Waals surface area contributed by atoms with Gasteiger partial charge in [-0.2, -0.15) is 0 Å². The Morgan fingerprint density at radius 1 is 1.30 bits per heavy atom. The van der Waals surface area contributed by atoms with E-state index in [4.69, 9.17) is 5.11 Å². The number of β-amino-alcohol motifs (C(OH)–C–C–N with tert-alkyl or cyclic N) is 1. The number of fused-ring (bicyclic) bond motifs is 1. The molecule has 0 saturated carbocycles. The van der Waals surface area contributed by atoms with Crippen molar-refractivity contribution < 1.29 is 9.50 Å². The van der Waals surface area contributed by atoms with Gasteiger partial charge in [-0.15, -0.1) is 0 Å². The monoisotopic (exact) mass is 317 g/mol. The Labute approximate surface area is 136 Å². The summed E-state index contributed by atoms with van der Waals surface area (Å²) in [5.74, 6) is 0.442. The van der Waals surface area contributed by atoms with Crippen molar-refractivity contribution in [1.29, 1.82) is 0 Å². The van der Waals surface area contributed by atoms with Gasteiger partial charge in [-0.1, -0.05) is 6.07 Å². The van der Waals surface area contributed by atoms with Gasteiger partial charge in [-0.25, -0.2) is 4.39 Å². The van der Waals surface area contributed by atoms with E-state index >= 15 is 0 Å². The van der Waals surface area contributed by atoms with E-state index in [9.17, 15) is 4.39 Å². The van der Waals surface area contributed by atoms with Gasteiger partial charge in [0.2, 0.25) is 0 Å². The van der Waals surface area contributed by atoms with Crippen LogP contribution in [0.5, 0.6) is 0 Å². The standard InChI is InChI=1S/C18H24FN3O/c19-17-10-15-2-1-5-21-18(15)16(11-17)13-20-12-14-3-6-22(7-4-14)8-9-23/h1-2,5,10-11,14,20,23H,3-4,6-9,12-13H2. The molecule has 0 spiro atoms. The van der Waals surface area contributed by atoms with Crippen molar-refractivity contribution in [2.45, 2.75) is 19.4 Å². The summed E-state index contributed by atoms with van der Waals surface area (Å²) in [6.07, 6.45) is 4.05. The van der Waals surface area contributed by atoms with Crippen LogP contribution in [-0.4, -0.2) is 47.8 Å². The molecule has 2 N–H and O–H groups in total. The van der Waals surface area contributed by atoms with Gasteiger partial charge in [0, 0.05) is 24.7 Å². The molecule has 0 amide bonds. The average Bonchev–Trinajstić information content (AvgIpc) is 2.56. The lowest BCUT2D eigenvalue weighted by Gasteiger charge is -2.31. The maximum atomic E-state index is 13.7. The van der Waals surface area contributed by atoms with Crippen LogP contribution in [0.15, 0.2) is 30.5 Å². The number of piperidine rings is 1. The molecule has 3 rings (SSSR count). The van der Waals surface area contributed by atoms with Crippen molar-refractivity contribution in [3.8, 4) is 0 Å². The topological polar surface area (TPSA) is 48.4 Å². The molecule has 0 bridgehead atoms. The zero-order valence-electron chi connectivity index (χ0n) is 13.3. The first kappa shape index (κ1) is 16.3. The molecule has 124 valence electrons. The van der Waals surface area contributed by atoms with Gasteiger partial charge in [0.15, 0.2) is 0 Å². The molecule has 0 unspecified atom stereocenters. The molecule has 0 aliphatic carbocycles. The SMILES string of the molecule is OCCN1CCC(CNCc2cc(F)cc3cccnc23)CC1. The number of aromatic nitrogens is 1. The first-order valence-corrected chi connectivity index (χ1v) is 8.33. The molecule has 1 aliphatic rings. The van der Waals surface area contributed by atoms with Gasteiger partial charge in [0.25, 0.3) is 0 Å². The molecule has 1 fully saturated rings. The fourth-order valence-electron chi connectivity index (χ4n) is 3.33. The molecule has 0 atom stereocenters. The highest BCUT2D eigenvalue weighted by Crippen LogP contribution is 2.19. The molecular weight excluding hydrogens is 293 g/mol. The van der Waals surface area contributed by atoms with Crippen molar-refractivity contribution >= 4 is 10.9 Å². The average molecular weight is 317 g/mol. The molecule has 5 heteroatoms. The third kappa shape index (κ3) is 4.25. The molecule has 0 radical (unpaired) electrons. The molecular formula is C18H24FN3O. The second-order valence-electron chi connectivity index (χ2n) is 6.28. The number of pyridine rings is 1. The lowest BCUT2D eigenvalue weighted by atomic mass is 9.96. The smallest absolute Gasteiger partial charge is 0.124 e. The fraction of sp³-hybridized carbons (Fsp3) is 0.500. The van der Waals surface area contributed by atoms with Gasteiger partial charge in [0.1, 0.15) is 5.82 Å². The molecule has 1 aliphatic heterocycles. The summed E-state index contributed by atoms with van der Waals surface area (Å²) in [5, 5.41) is 13.3. The number of nitrogens with one attached hydrogen (secondary N) is 1. The van der Waals surface area contributed by atoms with Crippen LogP contribution in [-0.2, 0) is 6.54 Å². The number of aliphatic hydroxyl groups excluding tert-OH is 1. The van der Waals surface area contributed by atoms with E-state index in [2.05, 4.69) is 15.2 Å². The summed E-state index contributed by atoms with van der Waals surface area (Å²) in [6.45, 7) is 4.71. The van der Waals surface area contributed by atoms with Crippen LogP contribution in [0.2, 0.25) is 0 Å². The van der Waals surface area contributed by atoms with E-state index in [1.54, 1.807) is 12.3 Å². The number of rotatable bonds is 6. The maximum absolute atomic E-state index is 13.7. The molecule has 23 heavy (non-hydrogen) atoms. The van der Waals surface area contributed by atoms with Crippen LogP contribution in [0.1, 0.15) is 18.4 Å². The van der Waals surface area contributed by atoms with E-state index in [1.165, 1.54) is 6.07 Å². The summed E-state index contributed by atoms with van der Waals surface area (Å²) in [6, 6.07) is 6.83. The lowest BCUT2D eigenvalue weighted by molar-refractivity contribution is 0.146. The van der Waals surface area contributed by atoms with Gasteiger partial charge < -0.3 is 15.3 Å². The first-order chi connectivity index (χ1) is 11.3. The summed E-state index contributed by atoms with van der Waals surface area (Å²) < 4.78 is 13.7. The second-order valence-corrected chi connectivity index (χ2v) is 6.28. The van der Waals surface area contributed by atoms with Gasteiger partial charge in [0.05, 0.1) is 12.1 Å². The lowest BCUT2D eigenvalue weighted by Crippen LogP contribution is -2.38. The molecule has 2 aromatic rings. The van der Waals surface area contributed by atoms with Crippen LogP contribution in [0, 0.1) is 11.7 Å². The Hall–Kier alpha value is -1.56. The first-order valence-electron chi connectivity index (χ1n) is 8.33. The third-order valence-electron chi connectivity index (χ3n) is 4.62. The second kappa shape index (κ2) is 7.81. The Morgan fingerprint density at radius 2 is 2.13 bits per heavy atom. The zero-order valence-corrected chi connectivity index (χ0v) is 13.3. The van der Waals surface area contributed by atoms with E-state index in [-0.39, 0.29) is 12.4 Å². The van der Waals surface area contributed by atoms with Gasteiger partial charge >= 0.3 is 0 Å². The van der Waals surface area contributed by atoms with Crippen molar-refractivity contribution in [2.24, 2.45) is 5.92 Å². The number of nitrogens with zero attached hydrogens (tertiary/aromatic N) is 2. The molecule has 1 aromatic carbocycles. The van der Waals surface area contributed by atoms with Gasteiger partial charge in [-0.05, 0) is 62.2 Å². The van der Waals surface area contributed by atoms with E-state index in [0.717, 1.165) is 55.5 Å². The van der Waals surface area contributed by atoms with Crippen LogP contribution in [0.4, 0.5) is 4.39 Å². The Bertz CT molecular complexity index is 641. The predicted octanol–water partition coefficient (Wildman–Crippen LogP) is 2.17. The molecule has 1 saturated heterocycles. The molecule has 1 aromatic heterocycles. The Balaban J connectivity index is 1.53. The van der Waals surface area contributed by atoms with E-state index in [0.29, 0.717) is 12.5 Å². The number of benzene rings is 1. The summed E-state index contributed by atoms with van der Waals surface area (Å²) in [7, 11) is 0. The molecule has 4 nitrogen and oxygen atoms in total. The summed E-state index contributed by atoms with van der Waals surface area (Å²) in [5.41, 5.74) is 1.79. The Kier molecular flexibility index (Phi) is 5.54. The van der Waals surface area contributed by atoms with Crippen LogP contribution >= 0.6 is 0 Å². The van der Waals surface area contributed by atoms with E-state index < -0.39 is 0 Å². The van der Waals surface area contributed by atoms with Gasteiger partial charge in [-0.3, -0.25) is 4.98 Å². The zero-order chi connectivity index (χ0) is 16.1.